The van der Waals surface area contributed by atoms with Gasteiger partial charge < -0.3 is 9.55 Å². The van der Waals surface area contributed by atoms with Gasteiger partial charge in [-0.2, -0.15) is 0 Å². The van der Waals surface area contributed by atoms with Crippen molar-refractivity contribution in [3.05, 3.63) is 82.9 Å². The van der Waals surface area contributed by atoms with Crippen molar-refractivity contribution >= 4 is 21.7 Å². The zero-order chi connectivity index (χ0) is 14.2. The van der Waals surface area contributed by atoms with Crippen molar-refractivity contribution in [3.63, 3.8) is 0 Å². The molecule has 0 bridgehead atoms. The van der Waals surface area contributed by atoms with Crippen LogP contribution in [0, 0.1) is 0 Å². The molecule has 3 heteroatoms. The number of benzene rings is 2. The summed E-state index contributed by atoms with van der Waals surface area (Å²) in [4.78, 5) is 15.8. The van der Waals surface area contributed by atoms with Crippen molar-refractivity contribution < 1.29 is 0 Å². The number of fused-ring (bicyclic) bond motifs is 3. The molecule has 102 valence electrons. The lowest BCUT2D eigenvalue weighted by atomic mass is 10.1. The summed E-state index contributed by atoms with van der Waals surface area (Å²) in [6.07, 6.45) is 3.78. The van der Waals surface area contributed by atoms with Crippen LogP contribution >= 0.6 is 0 Å². The molecule has 4 rings (SSSR count). The van der Waals surface area contributed by atoms with E-state index in [0.29, 0.717) is 6.54 Å². The number of nitrogens with zero attached hydrogens (tertiary/aromatic N) is 1. The van der Waals surface area contributed by atoms with Crippen molar-refractivity contribution in [1.29, 1.82) is 0 Å². The predicted octanol–water partition coefficient (Wildman–Crippen LogP) is 3.53. The van der Waals surface area contributed by atoms with Crippen molar-refractivity contribution in [1.82, 2.24) is 9.55 Å². The van der Waals surface area contributed by atoms with Crippen LogP contribution in [0.1, 0.15) is 5.56 Å². The molecule has 1 N–H and O–H groups in total. The Morgan fingerprint density at radius 1 is 0.857 bits per heavy atom. The van der Waals surface area contributed by atoms with E-state index < -0.39 is 0 Å². The quantitative estimate of drug-likeness (QED) is 0.596. The number of nitrogens with one attached hydrogen (secondary N) is 1. The van der Waals surface area contributed by atoms with Crippen LogP contribution in [0.5, 0.6) is 0 Å². The summed E-state index contributed by atoms with van der Waals surface area (Å²) in [5.41, 5.74) is 2.24. The Morgan fingerprint density at radius 3 is 2.57 bits per heavy atom. The van der Waals surface area contributed by atoms with Crippen molar-refractivity contribution in [2.24, 2.45) is 0 Å². The van der Waals surface area contributed by atoms with Gasteiger partial charge in [0, 0.05) is 28.7 Å². The van der Waals surface area contributed by atoms with Gasteiger partial charge in [0.1, 0.15) is 0 Å². The third kappa shape index (κ3) is 1.94. The summed E-state index contributed by atoms with van der Waals surface area (Å²) in [6.45, 7) is 0.598. The predicted molar refractivity (Wildman–Crippen MR) is 85.6 cm³/mol. The third-order valence-electron chi connectivity index (χ3n) is 3.88. The van der Waals surface area contributed by atoms with Crippen LogP contribution in [0.3, 0.4) is 0 Å². The first-order valence-electron chi connectivity index (χ1n) is 6.96. The fraction of sp³-hybridized carbons (Fsp3) is 0.0556. The van der Waals surface area contributed by atoms with Crippen LogP contribution < -0.4 is 5.56 Å². The molecule has 2 aromatic carbocycles. The van der Waals surface area contributed by atoms with Gasteiger partial charge in [-0.15, -0.1) is 0 Å². The smallest absolute Gasteiger partial charge is 0.258 e. The maximum absolute atomic E-state index is 12.7. The van der Waals surface area contributed by atoms with Gasteiger partial charge in [0.2, 0.25) is 0 Å². The summed E-state index contributed by atoms with van der Waals surface area (Å²) >= 11 is 0. The van der Waals surface area contributed by atoms with Crippen LogP contribution in [0.4, 0.5) is 0 Å². The molecule has 2 heterocycles. The lowest BCUT2D eigenvalue weighted by Gasteiger charge is -2.08. The van der Waals surface area contributed by atoms with Gasteiger partial charge in [-0.1, -0.05) is 30.3 Å². The highest BCUT2D eigenvalue weighted by atomic mass is 16.1. The zero-order valence-corrected chi connectivity index (χ0v) is 11.4. The Hall–Kier alpha value is -2.81. The highest BCUT2D eigenvalue weighted by Gasteiger charge is 2.07. The van der Waals surface area contributed by atoms with Gasteiger partial charge in [0.25, 0.3) is 5.56 Å². The van der Waals surface area contributed by atoms with E-state index in [-0.39, 0.29) is 5.56 Å². The van der Waals surface area contributed by atoms with Crippen LogP contribution in [-0.2, 0) is 6.54 Å². The number of aromatic amines is 1. The summed E-state index contributed by atoms with van der Waals surface area (Å²) in [5.74, 6) is 0. The second-order valence-corrected chi connectivity index (χ2v) is 5.20. The number of H-pyrrole nitrogens is 1. The third-order valence-corrected chi connectivity index (χ3v) is 3.88. The van der Waals surface area contributed by atoms with E-state index in [2.05, 4.69) is 4.98 Å². The van der Waals surface area contributed by atoms with Gasteiger partial charge in [-0.25, -0.2) is 0 Å². The molecule has 0 amide bonds. The van der Waals surface area contributed by atoms with E-state index >= 15 is 0 Å². The molecule has 21 heavy (non-hydrogen) atoms. The molecule has 2 aromatic heterocycles. The van der Waals surface area contributed by atoms with Crippen LogP contribution in [0.15, 0.2) is 71.8 Å². The largest absolute Gasteiger partial charge is 0.361 e. The molecule has 0 aliphatic heterocycles. The normalized spacial score (nSPS) is 11.2. The number of hydrogen-bond donors (Lipinski definition) is 1. The summed E-state index contributed by atoms with van der Waals surface area (Å²) in [6, 6.07) is 17.9. The minimum Gasteiger partial charge on any atom is -0.361 e. The first-order valence-corrected chi connectivity index (χ1v) is 6.96. The van der Waals surface area contributed by atoms with E-state index in [1.54, 1.807) is 4.57 Å². The fourth-order valence-corrected chi connectivity index (χ4v) is 2.81. The molecule has 0 aliphatic rings. The Balaban J connectivity index is 1.90. The fourth-order valence-electron chi connectivity index (χ4n) is 2.81. The van der Waals surface area contributed by atoms with Gasteiger partial charge in [0.15, 0.2) is 0 Å². The van der Waals surface area contributed by atoms with E-state index in [9.17, 15) is 4.79 Å². The van der Waals surface area contributed by atoms with E-state index in [0.717, 1.165) is 27.2 Å². The number of hydrogen-bond acceptors (Lipinski definition) is 1. The highest BCUT2D eigenvalue weighted by molar-refractivity contribution is 6.05. The molecule has 0 aliphatic carbocycles. The van der Waals surface area contributed by atoms with E-state index in [4.69, 9.17) is 0 Å². The van der Waals surface area contributed by atoms with Gasteiger partial charge in [0.05, 0.1) is 6.54 Å². The van der Waals surface area contributed by atoms with Crippen LogP contribution in [-0.4, -0.2) is 9.55 Å². The maximum atomic E-state index is 12.7. The number of rotatable bonds is 2. The molecule has 0 fully saturated rings. The summed E-state index contributed by atoms with van der Waals surface area (Å²) < 4.78 is 1.76. The van der Waals surface area contributed by atoms with Crippen LogP contribution in [0.25, 0.3) is 21.7 Å². The van der Waals surface area contributed by atoms with Crippen molar-refractivity contribution in [2.45, 2.75) is 6.54 Å². The lowest BCUT2D eigenvalue weighted by molar-refractivity contribution is 0.768. The molecule has 3 nitrogen and oxygen atoms in total. The van der Waals surface area contributed by atoms with Gasteiger partial charge in [-0.05, 0) is 35.2 Å². The van der Waals surface area contributed by atoms with Crippen molar-refractivity contribution in [2.75, 3.05) is 0 Å². The topological polar surface area (TPSA) is 37.8 Å². The van der Waals surface area contributed by atoms with E-state index in [1.807, 2.05) is 67.0 Å². The lowest BCUT2D eigenvalue weighted by Crippen LogP contribution is -2.19. The number of aromatic nitrogens is 2. The summed E-state index contributed by atoms with van der Waals surface area (Å²) in [5, 5.41) is 2.86. The van der Waals surface area contributed by atoms with E-state index in [1.165, 1.54) is 0 Å². The average molecular weight is 274 g/mol. The molecule has 0 saturated heterocycles. The number of pyridine rings is 1. The Kier molecular flexibility index (Phi) is 2.64. The maximum Gasteiger partial charge on any atom is 0.258 e. The molecule has 4 aromatic rings. The first-order chi connectivity index (χ1) is 10.3. The molecule has 0 atom stereocenters. The molecule has 0 unspecified atom stereocenters. The van der Waals surface area contributed by atoms with Crippen LogP contribution in [0.2, 0.25) is 0 Å². The van der Waals surface area contributed by atoms with Gasteiger partial charge in [-0.3, -0.25) is 4.79 Å². The van der Waals surface area contributed by atoms with Crippen molar-refractivity contribution in [3.8, 4) is 0 Å². The molecule has 0 spiro atoms. The first kappa shape index (κ1) is 12.0. The average Bonchev–Trinajstić information content (AvgIpc) is 3.00. The minimum atomic E-state index is 0.0550. The molecule has 0 radical (unpaired) electrons. The Bertz CT molecular complexity index is 980. The SMILES string of the molecule is O=c1c2ccc3[nH]ccc3c2ccn1Cc1ccccc1. The monoisotopic (exact) mass is 274 g/mol. The highest BCUT2D eigenvalue weighted by Crippen LogP contribution is 2.22. The van der Waals surface area contributed by atoms with Gasteiger partial charge >= 0.3 is 0 Å². The Morgan fingerprint density at radius 2 is 1.71 bits per heavy atom. The zero-order valence-electron chi connectivity index (χ0n) is 11.4. The molecule has 0 saturated carbocycles. The molecular weight excluding hydrogens is 260 g/mol. The second-order valence-electron chi connectivity index (χ2n) is 5.20. The Labute approximate surface area is 121 Å². The summed E-state index contributed by atoms with van der Waals surface area (Å²) in [7, 11) is 0. The molecular formula is C18H14N2O. The standard InChI is InChI=1S/C18H14N2O/c21-18-16-6-7-17-15(8-10-19-17)14(16)9-11-20(18)12-13-4-2-1-3-5-13/h1-11,19H,12H2. The second kappa shape index (κ2) is 4.63. The minimum absolute atomic E-state index is 0.0550.